The highest BCUT2D eigenvalue weighted by atomic mass is 16.6. The van der Waals surface area contributed by atoms with Crippen LogP contribution < -0.4 is 0 Å². The molecule has 0 aliphatic heterocycles. The van der Waals surface area contributed by atoms with E-state index in [1.807, 2.05) is 38.1 Å². The molecular formula is C23H28O4. The van der Waals surface area contributed by atoms with Crippen molar-refractivity contribution in [1.82, 2.24) is 0 Å². The lowest BCUT2D eigenvalue weighted by Crippen LogP contribution is -2.34. The molecule has 0 amide bonds. The van der Waals surface area contributed by atoms with Crippen LogP contribution in [0.25, 0.3) is 0 Å². The zero-order valence-electron chi connectivity index (χ0n) is 16.3. The van der Waals surface area contributed by atoms with Gasteiger partial charge in [-0.1, -0.05) is 63.1 Å². The molecule has 0 bridgehead atoms. The van der Waals surface area contributed by atoms with Crippen LogP contribution in [0.3, 0.4) is 0 Å². The van der Waals surface area contributed by atoms with Gasteiger partial charge in [0, 0.05) is 5.92 Å². The molecule has 27 heavy (non-hydrogen) atoms. The molecular weight excluding hydrogens is 340 g/mol. The Morgan fingerprint density at radius 1 is 0.815 bits per heavy atom. The molecule has 2 aromatic carbocycles. The van der Waals surface area contributed by atoms with Crippen molar-refractivity contribution < 1.29 is 19.1 Å². The summed E-state index contributed by atoms with van der Waals surface area (Å²) >= 11 is 0. The predicted molar refractivity (Wildman–Crippen MR) is 106 cm³/mol. The van der Waals surface area contributed by atoms with E-state index in [-0.39, 0.29) is 30.1 Å². The van der Waals surface area contributed by atoms with Crippen LogP contribution in [0.15, 0.2) is 60.7 Å². The van der Waals surface area contributed by atoms with Gasteiger partial charge < -0.3 is 9.47 Å². The summed E-state index contributed by atoms with van der Waals surface area (Å²) in [6.45, 7) is 5.90. The molecule has 2 aromatic rings. The van der Waals surface area contributed by atoms with E-state index in [1.54, 1.807) is 36.4 Å². The van der Waals surface area contributed by atoms with Crippen molar-refractivity contribution in [3.05, 3.63) is 71.8 Å². The number of carbonyl (C=O) groups is 2. The maximum atomic E-state index is 12.5. The molecule has 2 rings (SSSR count). The van der Waals surface area contributed by atoms with Gasteiger partial charge in [-0.15, -0.1) is 0 Å². The normalized spacial score (nSPS) is 14.0. The highest BCUT2D eigenvalue weighted by molar-refractivity contribution is 5.90. The van der Waals surface area contributed by atoms with Gasteiger partial charge >= 0.3 is 11.9 Å². The number of esters is 2. The molecule has 4 heteroatoms. The van der Waals surface area contributed by atoms with E-state index in [4.69, 9.17) is 9.47 Å². The Morgan fingerprint density at radius 3 is 1.78 bits per heavy atom. The van der Waals surface area contributed by atoms with E-state index in [2.05, 4.69) is 6.92 Å². The van der Waals surface area contributed by atoms with Crippen LogP contribution in [0, 0.1) is 5.92 Å². The largest absolute Gasteiger partial charge is 0.459 e. The summed E-state index contributed by atoms with van der Waals surface area (Å²) in [5.41, 5.74) is 1.04. The summed E-state index contributed by atoms with van der Waals surface area (Å²) < 4.78 is 11.4. The topological polar surface area (TPSA) is 52.6 Å². The van der Waals surface area contributed by atoms with Gasteiger partial charge in [0.1, 0.15) is 12.2 Å². The van der Waals surface area contributed by atoms with E-state index in [9.17, 15) is 9.59 Å². The second-order valence-electron chi connectivity index (χ2n) is 6.79. The number of rotatable bonds is 9. The van der Waals surface area contributed by atoms with Crippen molar-refractivity contribution in [2.24, 2.45) is 5.92 Å². The number of benzene rings is 2. The van der Waals surface area contributed by atoms with Gasteiger partial charge in [-0.25, -0.2) is 9.59 Å². The van der Waals surface area contributed by atoms with Crippen molar-refractivity contribution in [2.45, 2.75) is 52.2 Å². The highest BCUT2D eigenvalue weighted by Crippen LogP contribution is 2.22. The lowest BCUT2D eigenvalue weighted by atomic mass is 9.94. The first-order valence-corrected chi connectivity index (χ1v) is 9.55. The Morgan fingerprint density at radius 2 is 1.30 bits per heavy atom. The van der Waals surface area contributed by atoms with Crippen LogP contribution in [-0.2, 0) is 9.47 Å². The first-order chi connectivity index (χ1) is 13.0. The summed E-state index contributed by atoms with van der Waals surface area (Å²) in [5, 5.41) is 0. The van der Waals surface area contributed by atoms with E-state index < -0.39 is 0 Å². The molecule has 0 fully saturated rings. The number of hydrogen-bond donors (Lipinski definition) is 0. The molecule has 0 aliphatic carbocycles. The maximum absolute atomic E-state index is 12.5. The number of ether oxygens (including phenoxy) is 2. The van der Waals surface area contributed by atoms with Gasteiger partial charge in [0.2, 0.25) is 0 Å². The Kier molecular flexibility index (Phi) is 8.05. The van der Waals surface area contributed by atoms with Crippen LogP contribution in [0.4, 0.5) is 0 Å². The summed E-state index contributed by atoms with van der Waals surface area (Å²) in [7, 11) is 0. The maximum Gasteiger partial charge on any atom is 0.338 e. The molecule has 4 nitrogen and oxygen atoms in total. The molecule has 0 aliphatic rings. The minimum absolute atomic E-state index is 0.114. The Hall–Kier alpha value is -2.62. The SMILES string of the molecule is CCCCC(OC(=O)c1ccccc1)C(C)C(C)OC(=O)c1ccccc1. The number of unbranched alkanes of at least 4 members (excludes halogenated alkanes) is 1. The van der Waals surface area contributed by atoms with Gasteiger partial charge in [0.25, 0.3) is 0 Å². The zero-order valence-corrected chi connectivity index (χ0v) is 16.3. The van der Waals surface area contributed by atoms with Crippen LogP contribution in [0.5, 0.6) is 0 Å². The van der Waals surface area contributed by atoms with E-state index in [1.165, 1.54) is 0 Å². The van der Waals surface area contributed by atoms with Gasteiger partial charge in [-0.2, -0.15) is 0 Å². The molecule has 0 radical (unpaired) electrons. The average molecular weight is 368 g/mol. The van der Waals surface area contributed by atoms with Gasteiger partial charge in [-0.3, -0.25) is 0 Å². The Labute approximate surface area is 161 Å². The fourth-order valence-electron chi connectivity index (χ4n) is 2.83. The second-order valence-corrected chi connectivity index (χ2v) is 6.79. The molecule has 0 saturated heterocycles. The number of carbonyl (C=O) groups excluding carboxylic acids is 2. The summed E-state index contributed by atoms with van der Waals surface area (Å²) in [6, 6.07) is 17.9. The first-order valence-electron chi connectivity index (χ1n) is 9.55. The summed E-state index contributed by atoms with van der Waals surface area (Å²) in [4.78, 5) is 24.8. The minimum atomic E-state index is -0.372. The van der Waals surface area contributed by atoms with Crippen LogP contribution in [0.2, 0.25) is 0 Å². The molecule has 0 N–H and O–H groups in total. The van der Waals surface area contributed by atoms with Crippen LogP contribution in [-0.4, -0.2) is 24.1 Å². The van der Waals surface area contributed by atoms with Crippen molar-refractivity contribution in [3.8, 4) is 0 Å². The first kappa shape index (κ1) is 20.7. The van der Waals surface area contributed by atoms with Gasteiger partial charge in [-0.05, 0) is 37.6 Å². The van der Waals surface area contributed by atoms with Crippen molar-refractivity contribution in [2.75, 3.05) is 0 Å². The molecule has 3 atom stereocenters. The average Bonchev–Trinajstić information content (AvgIpc) is 2.71. The zero-order chi connectivity index (χ0) is 19.6. The second kappa shape index (κ2) is 10.5. The van der Waals surface area contributed by atoms with E-state index >= 15 is 0 Å². The lowest BCUT2D eigenvalue weighted by molar-refractivity contribution is -0.0257. The Balaban J connectivity index is 2.03. The summed E-state index contributed by atoms with van der Waals surface area (Å²) in [5.74, 6) is -0.819. The van der Waals surface area contributed by atoms with Gasteiger partial charge in [0.05, 0.1) is 11.1 Å². The Bertz CT molecular complexity index is 712. The fraction of sp³-hybridized carbons (Fsp3) is 0.391. The molecule has 0 heterocycles. The quantitative estimate of drug-likeness (QED) is 0.565. The predicted octanol–water partition coefficient (Wildman–Crippen LogP) is 5.28. The van der Waals surface area contributed by atoms with Crippen LogP contribution in [0.1, 0.15) is 60.7 Å². The third-order valence-electron chi connectivity index (χ3n) is 4.74. The molecule has 144 valence electrons. The minimum Gasteiger partial charge on any atom is -0.459 e. The van der Waals surface area contributed by atoms with E-state index in [0.29, 0.717) is 11.1 Å². The smallest absolute Gasteiger partial charge is 0.338 e. The third-order valence-corrected chi connectivity index (χ3v) is 4.74. The number of hydrogen-bond acceptors (Lipinski definition) is 4. The molecule has 0 aromatic heterocycles. The summed E-state index contributed by atoms with van der Waals surface area (Å²) in [6.07, 6.45) is 2.00. The third kappa shape index (κ3) is 6.24. The fourth-order valence-corrected chi connectivity index (χ4v) is 2.83. The van der Waals surface area contributed by atoms with Crippen LogP contribution >= 0.6 is 0 Å². The highest BCUT2D eigenvalue weighted by Gasteiger charge is 2.29. The van der Waals surface area contributed by atoms with Gasteiger partial charge in [0.15, 0.2) is 0 Å². The van der Waals surface area contributed by atoms with E-state index in [0.717, 1.165) is 19.3 Å². The van der Waals surface area contributed by atoms with Crippen molar-refractivity contribution >= 4 is 11.9 Å². The standard InChI is InChI=1S/C23H28O4/c1-4-5-16-21(27-23(25)20-14-10-7-11-15-20)17(2)18(3)26-22(24)19-12-8-6-9-13-19/h6-15,17-18,21H,4-5,16H2,1-3H3. The lowest BCUT2D eigenvalue weighted by Gasteiger charge is -2.28. The molecule has 0 spiro atoms. The monoisotopic (exact) mass is 368 g/mol. The van der Waals surface area contributed by atoms with Crippen molar-refractivity contribution in [3.63, 3.8) is 0 Å². The van der Waals surface area contributed by atoms with Crippen molar-refractivity contribution in [1.29, 1.82) is 0 Å². The molecule has 0 saturated carbocycles. The molecule has 3 unspecified atom stereocenters.